The molecule has 0 N–H and O–H groups in total. The second-order valence-electron chi connectivity index (χ2n) is 4.13. The summed E-state index contributed by atoms with van der Waals surface area (Å²) in [6, 6.07) is 7.91. The largest absolute Gasteiger partial charge is 0.318 e. The molecule has 0 amide bonds. The van der Waals surface area contributed by atoms with Crippen LogP contribution in [-0.2, 0) is 0 Å². The van der Waals surface area contributed by atoms with Gasteiger partial charge in [-0.25, -0.2) is 0 Å². The van der Waals surface area contributed by atoms with Crippen LogP contribution in [0.15, 0.2) is 30.5 Å². The number of pyridine rings is 1. The van der Waals surface area contributed by atoms with Gasteiger partial charge in [0, 0.05) is 29.7 Å². The number of nitrogens with zero attached hydrogens (tertiary/aromatic N) is 2. The second kappa shape index (κ2) is 4.53. The molecule has 2 aromatic heterocycles. The number of rotatable bonds is 3. The molecule has 0 radical (unpaired) electrons. The number of Topliss-reactive ketones (excluding diaryl/α,β-unsaturated/α-hetero) is 1. The Hall–Kier alpha value is -1.90. The van der Waals surface area contributed by atoms with Gasteiger partial charge in [0.25, 0.3) is 0 Å². The molecule has 0 aliphatic rings. The minimum absolute atomic E-state index is 0.0781. The Morgan fingerprint density at radius 1 is 1.24 bits per heavy atom. The van der Waals surface area contributed by atoms with Gasteiger partial charge in [-0.2, -0.15) is 0 Å². The van der Waals surface area contributed by atoms with Crippen LogP contribution in [0.1, 0.15) is 35.2 Å². The van der Waals surface area contributed by atoms with Crippen molar-refractivity contribution in [2.75, 3.05) is 0 Å². The Labute approximate surface area is 101 Å². The fraction of sp³-hybridized carbons (Fsp3) is 0.286. The Bertz CT molecular complexity index is 536. The van der Waals surface area contributed by atoms with Crippen LogP contribution >= 0.6 is 0 Å². The number of hydrogen-bond donors (Lipinski definition) is 0. The van der Waals surface area contributed by atoms with Crippen molar-refractivity contribution >= 4 is 5.78 Å². The lowest BCUT2D eigenvalue weighted by Gasteiger charge is -2.10. The van der Waals surface area contributed by atoms with E-state index in [1.807, 2.05) is 19.1 Å². The average molecular weight is 228 g/mol. The highest BCUT2D eigenvalue weighted by atomic mass is 16.1. The first-order chi connectivity index (χ1) is 8.13. The van der Waals surface area contributed by atoms with Crippen LogP contribution < -0.4 is 0 Å². The predicted molar refractivity (Wildman–Crippen MR) is 67.7 cm³/mol. The van der Waals surface area contributed by atoms with E-state index in [0.29, 0.717) is 12.1 Å². The van der Waals surface area contributed by atoms with Gasteiger partial charge in [-0.05, 0) is 38.1 Å². The van der Waals surface area contributed by atoms with Crippen molar-refractivity contribution < 1.29 is 4.79 Å². The molecule has 88 valence electrons. The first-order valence-electron chi connectivity index (χ1n) is 5.78. The smallest absolute Gasteiger partial charge is 0.180 e. The molecule has 2 aromatic rings. The third-order valence-corrected chi connectivity index (χ3v) is 2.88. The van der Waals surface area contributed by atoms with E-state index < -0.39 is 0 Å². The minimum atomic E-state index is 0.0781. The summed E-state index contributed by atoms with van der Waals surface area (Å²) in [5.74, 6) is 0.0781. The molecule has 0 aliphatic carbocycles. The second-order valence-corrected chi connectivity index (χ2v) is 4.13. The average Bonchev–Trinajstić information content (AvgIpc) is 2.68. The van der Waals surface area contributed by atoms with Crippen LogP contribution in [0.4, 0.5) is 0 Å². The van der Waals surface area contributed by atoms with Gasteiger partial charge in [0.05, 0.1) is 0 Å². The summed E-state index contributed by atoms with van der Waals surface area (Å²) in [5, 5.41) is 0. The summed E-state index contributed by atoms with van der Waals surface area (Å²) in [4.78, 5) is 15.7. The lowest BCUT2D eigenvalue weighted by atomic mass is 10.2. The molecule has 2 heterocycles. The Morgan fingerprint density at radius 2 is 1.88 bits per heavy atom. The van der Waals surface area contributed by atoms with Crippen molar-refractivity contribution in [2.24, 2.45) is 0 Å². The van der Waals surface area contributed by atoms with Gasteiger partial charge in [0.2, 0.25) is 0 Å². The summed E-state index contributed by atoms with van der Waals surface area (Å²) in [7, 11) is 0. The molecule has 0 atom stereocenters. The van der Waals surface area contributed by atoms with E-state index in [-0.39, 0.29) is 5.78 Å². The van der Waals surface area contributed by atoms with Crippen LogP contribution in [-0.4, -0.2) is 15.3 Å². The van der Waals surface area contributed by atoms with Crippen molar-refractivity contribution in [2.45, 2.75) is 27.2 Å². The molecule has 3 heteroatoms. The summed E-state index contributed by atoms with van der Waals surface area (Å²) >= 11 is 0. The van der Waals surface area contributed by atoms with Gasteiger partial charge in [-0.3, -0.25) is 9.78 Å². The van der Waals surface area contributed by atoms with E-state index in [1.165, 1.54) is 0 Å². The summed E-state index contributed by atoms with van der Waals surface area (Å²) in [6.45, 7) is 5.95. The number of ketones is 1. The van der Waals surface area contributed by atoms with Gasteiger partial charge < -0.3 is 4.57 Å². The Kier molecular flexibility index (Phi) is 3.09. The minimum Gasteiger partial charge on any atom is -0.318 e. The van der Waals surface area contributed by atoms with Crippen molar-refractivity contribution in [3.63, 3.8) is 0 Å². The van der Waals surface area contributed by atoms with Crippen molar-refractivity contribution in [3.05, 3.63) is 47.5 Å². The van der Waals surface area contributed by atoms with E-state index in [1.54, 1.807) is 6.20 Å². The van der Waals surface area contributed by atoms with E-state index in [2.05, 4.69) is 35.5 Å². The normalized spacial score (nSPS) is 10.5. The molecule has 0 bridgehead atoms. The third-order valence-electron chi connectivity index (χ3n) is 2.88. The molecule has 2 rings (SSSR count). The Morgan fingerprint density at radius 3 is 2.47 bits per heavy atom. The number of aromatic nitrogens is 2. The molecular formula is C14H16N2O. The third kappa shape index (κ3) is 2.13. The standard InChI is InChI=1S/C14H16N2O/c1-4-14(17)13-9-12(7-8-15-13)16-10(2)5-6-11(16)3/h5-9H,4H2,1-3H3. The highest BCUT2D eigenvalue weighted by Gasteiger charge is 2.08. The van der Waals surface area contributed by atoms with Gasteiger partial charge in [0.15, 0.2) is 5.78 Å². The first kappa shape index (κ1) is 11.6. The highest BCUT2D eigenvalue weighted by Crippen LogP contribution is 2.16. The highest BCUT2D eigenvalue weighted by molar-refractivity contribution is 5.94. The Balaban J connectivity index is 2.50. The van der Waals surface area contributed by atoms with E-state index >= 15 is 0 Å². The predicted octanol–water partition coefficient (Wildman–Crippen LogP) is 3.08. The number of hydrogen-bond acceptors (Lipinski definition) is 2. The molecule has 0 aromatic carbocycles. The number of aryl methyl sites for hydroxylation is 2. The molecular weight excluding hydrogens is 212 g/mol. The van der Waals surface area contributed by atoms with Gasteiger partial charge in [0.1, 0.15) is 5.69 Å². The summed E-state index contributed by atoms with van der Waals surface area (Å²) in [6.07, 6.45) is 2.18. The zero-order valence-electron chi connectivity index (χ0n) is 10.4. The van der Waals surface area contributed by atoms with Crippen LogP contribution in [0.2, 0.25) is 0 Å². The maximum Gasteiger partial charge on any atom is 0.180 e. The van der Waals surface area contributed by atoms with Crippen LogP contribution in [0.5, 0.6) is 0 Å². The van der Waals surface area contributed by atoms with Crippen LogP contribution in [0.25, 0.3) is 5.69 Å². The lowest BCUT2D eigenvalue weighted by molar-refractivity contribution is 0.0983. The molecule has 17 heavy (non-hydrogen) atoms. The van der Waals surface area contributed by atoms with E-state index in [9.17, 15) is 4.79 Å². The van der Waals surface area contributed by atoms with Crippen molar-refractivity contribution in [1.82, 2.24) is 9.55 Å². The summed E-state index contributed by atoms with van der Waals surface area (Å²) < 4.78 is 2.12. The fourth-order valence-corrected chi connectivity index (χ4v) is 1.97. The molecule has 0 aliphatic heterocycles. The molecule has 0 unspecified atom stereocenters. The summed E-state index contributed by atoms with van der Waals surface area (Å²) in [5.41, 5.74) is 3.85. The van der Waals surface area contributed by atoms with Gasteiger partial charge in [-0.15, -0.1) is 0 Å². The quantitative estimate of drug-likeness (QED) is 0.757. The van der Waals surface area contributed by atoms with E-state index in [0.717, 1.165) is 17.1 Å². The molecule has 0 saturated heterocycles. The lowest BCUT2D eigenvalue weighted by Crippen LogP contribution is -2.04. The van der Waals surface area contributed by atoms with Crippen LogP contribution in [0, 0.1) is 13.8 Å². The molecule has 0 saturated carbocycles. The van der Waals surface area contributed by atoms with E-state index in [4.69, 9.17) is 0 Å². The van der Waals surface area contributed by atoms with Crippen molar-refractivity contribution in [1.29, 1.82) is 0 Å². The van der Waals surface area contributed by atoms with Crippen molar-refractivity contribution in [3.8, 4) is 5.69 Å². The molecule has 3 nitrogen and oxygen atoms in total. The molecule has 0 spiro atoms. The monoisotopic (exact) mass is 228 g/mol. The maximum atomic E-state index is 11.6. The first-order valence-corrected chi connectivity index (χ1v) is 5.78. The fourth-order valence-electron chi connectivity index (χ4n) is 1.97. The number of carbonyl (C=O) groups excluding carboxylic acids is 1. The maximum absolute atomic E-state index is 11.6. The number of carbonyl (C=O) groups is 1. The zero-order valence-corrected chi connectivity index (χ0v) is 10.4. The van der Waals surface area contributed by atoms with Gasteiger partial charge >= 0.3 is 0 Å². The SMILES string of the molecule is CCC(=O)c1cc(-n2c(C)ccc2C)ccn1. The molecule has 0 fully saturated rings. The zero-order chi connectivity index (χ0) is 12.4. The van der Waals surface area contributed by atoms with Gasteiger partial charge in [-0.1, -0.05) is 6.92 Å². The topological polar surface area (TPSA) is 34.9 Å². The van der Waals surface area contributed by atoms with Crippen LogP contribution in [0.3, 0.4) is 0 Å².